The van der Waals surface area contributed by atoms with E-state index in [0.29, 0.717) is 0 Å². The van der Waals surface area contributed by atoms with Crippen LogP contribution in [0.5, 0.6) is 0 Å². The first-order chi connectivity index (χ1) is 27.8. The number of benzene rings is 8. The topological polar surface area (TPSA) is 25.2 Å². The lowest BCUT2D eigenvalue weighted by molar-refractivity contribution is 0.714. The number of allylic oxidation sites excluding steroid dienone is 1. The predicted molar refractivity (Wildman–Crippen MR) is 236 cm³/mol. The van der Waals surface area contributed by atoms with Gasteiger partial charge >= 0.3 is 0 Å². The van der Waals surface area contributed by atoms with Gasteiger partial charge in [0.05, 0.1) is 17.4 Å². The number of pyridine rings is 1. The molecule has 0 N–H and O–H groups in total. The number of dihydropyridines is 1. The van der Waals surface area contributed by atoms with Crippen LogP contribution in [0, 0.1) is 0 Å². The second-order valence-corrected chi connectivity index (χ2v) is 14.7. The molecule has 1 aromatic heterocycles. The number of rotatable bonds is 6. The molecule has 1 atom stereocenters. The fourth-order valence-corrected chi connectivity index (χ4v) is 9.01. The van der Waals surface area contributed by atoms with E-state index in [1.54, 1.807) is 0 Å². The number of aromatic nitrogens is 1. The highest BCUT2D eigenvalue weighted by atomic mass is 14.8. The van der Waals surface area contributed by atoms with E-state index in [1.807, 2.05) is 12.3 Å². The van der Waals surface area contributed by atoms with Gasteiger partial charge in [-0.25, -0.2) is 0 Å². The minimum Gasteiger partial charge on any atom is -0.283 e. The van der Waals surface area contributed by atoms with Crippen LogP contribution < -0.4 is 0 Å². The first-order valence-electron chi connectivity index (χ1n) is 19.4. The zero-order chi connectivity index (χ0) is 37.0. The molecule has 1 aliphatic heterocycles. The van der Waals surface area contributed by atoms with Gasteiger partial charge in [0.2, 0.25) is 0 Å². The molecule has 2 nitrogen and oxygen atoms in total. The molecule has 0 fully saturated rings. The minimum atomic E-state index is 0.0418. The van der Waals surface area contributed by atoms with E-state index in [4.69, 9.17) is 9.98 Å². The normalized spacial score (nSPS) is 14.0. The molecule has 0 saturated heterocycles. The molecule has 0 radical (unpaired) electrons. The average molecular weight is 713 g/mol. The molecule has 2 heterocycles. The smallest absolute Gasteiger partial charge is 0.0954 e. The van der Waals surface area contributed by atoms with Gasteiger partial charge in [0.15, 0.2) is 0 Å². The number of nitrogens with zero attached hydrogens (tertiary/aromatic N) is 2. The zero-order valence-corrected chi connectivity index (χ0v) is 30.7. The van der Waals surface area contributed by atoms with Crippen molar-refractivity contribution in [1.82, 2.24) is 4.98 Å². The zero-order valence-electron chi connectivity index (χ0n) is 30.7. The summed E-state index contributed by atoms with van der Waals surface area (Å²) in [6.07, 6.45) is 6.94. The largest absolute Gasteiger partial charge is 0.283 e. The molecular weight excluding hydrogens is 677 g/mol. The van der Waals surface area contributed by atoms with E-state index in [-0.39, 0.29) is 6.04 Å². The third-order valence-electron chi connectivity index (χ3n) is 11.6. The molecule has 1 unspecified atom stereocenters. The monoisotopic (exact) mass is 712 g/mol. The van der Waals surface area contributed by atoms with Crippen LogP contribution >= 0.6 is 0 Å². The second-order valence-electron chi connectivity index (χ2n) is 14.7. The molecule has 0 amide bonds. The van der Waals surface area contributed by atoms with Gasteiger partial charge in [-0.2, -0.15) is 0 Å². The van der Waals surface area contributed by atoms with Crippen molar-refractivity contribution in [2.75, 3.05) is 0 Å². The van der Waals surface area contributed by atoms with Crippen molar-refractivity contribution in [1.29, 1.82) is 0 Å². The summed E-state index contributed by atoms with van der Waals surface area (Å²) >= 11 is 0. The first kappa shape index (κ1) is 32.3. The first-order valence-corrected chi connectivity index (χ1v) is 19.4. The van der Waals surface area contributed by atoms with E-state index in [2.05, 4.69) is 188 Å². The van der Waals surface area contributed by atoms with Gasteiger partial charge in [-0.1, -0.05) is 176 Å². The summed E-state index contributed by atoms with van der Waals surface area (Å²) in [4.78, 5) is 9.98. The lowest BCUT2D eigenvalue weighted by Crippen LogP contribution is -2.01. The summed E-state index contributed by atoms with van der Waals surface area (Å²) in [5, 5.41) is 5.00. The van der Waals surface area contributed by atoms with Crippen LogP contribution in [0.1, 0.15) is 18.2 Å². The SMILES string of the molecule is C1=CCC(c2cccc(-c3ccc4c5c(cccc35)-c3c-4c(-c4ccc(-c5ccccc5)cc4)c4ccccc4c3-c3ccc(-c4ccccc4)cc3)n2)N=C1. The molecule has 9 aromatic rings. The predicted octanol–water partition coefficient (Wildman–Crippen LogP) is 14.4. The lowest BCUT2D eigenvalue weighted by atomic mass is 9.82. The van der Waals surface area contributed by atoms with E-state index in [9.17, 15) is 0 Å². The molecule has 2 heteroatoms. The maximum absolute atomic E-state index is 5.24. The number of hydrogen-bond acceptors (Lipinski definition) is 2. The maximum Gasteiger partial charge on any atom is 0.0954 e. The summed E-state index contributed by atoms with van der Waals surface area (Å²) in [5.41, 5.74) is 18.1. The van der Waals surface area contributed by atoms with Crippen LogP contribution in [0.4, 0.5) is 0 Å². The molecule has 0 saturated carbocycles. The Kier molecular flexibility index (Phi) is 7.67. The Bertz CT molecular complexity index is 2880. The summed E-state index contributed by atoms with van der Waals surface area (Å²) < 4.78 is 0. The number of aliphatic imine (C=N–C) groups is 1. The van der Waals surface area contributed by atoms with Gasteiger partial charge in [0.25, 0.3) is 0 Å². The molecule has 11 rings (SSSR count). The Morgan fingerprint density at radius 2 is 0.875 bits per heavy atom. The second kappa shape index (κ2) is 13.3. The fraction of sp³-hybridized carbons (Fsp3) is 0.0370. The van der Waals surface area contributed by atoms with Gasteiger partial charge in [-0.3, -0.25) is 9.98 Å². The quantitative estimate of drug-likeness (QED) is 0.168. The average Bonchev–Trinajstić information content (AvgIpc) is 3.61. The van der Waals surface area contributed by atoms with Gasteiger partial charge in [-0.05, 0) is 113 Å². The Hall–Kier alpha value is -7.16. The third-order valence-corrected chi connectivity index (χ3v) is 11.6. The summed E-state index contributed by atoms with van der Waals surface area (Å²) in [6, 6.07) is 66.5. The number of hydrogen-bond donors (Lipinski definition) is 0. The molecule has 262 valence electrons. The molecule has 2 aliphatic rings. The fourth-order valence-electron chi connectivity index (χ4n) is 9.01. The molecule has 56 heavy (non-hydrogen) atoms. The third kappa shape index (κ3) is 5.26. The van der Waals surface area contributed by atoms with E-state index in [1.165, 1.54) is 88.3 Å². The van der Waals surface area contributed by atoms with Crippen LogP contribution in [0.3, 0.4) is 0 Å². The van der Waals surface area contributed by atoms with Crippen molar-refractivity contribution in [2.45, 2.75) is 12.5 Å². The van der Waals surface area contributed by atoms with E-state index >= 15 is 0 Å². The van der Waals surface area contributed by atoms with Crippen LogP contribution in [-0.2, 0) is 0 Å². The maximum atomic E-state index is 5.24. The highest BCUT2D eigenvalue weighted by Crippen LogP contribution is 2.58. The van der Waals surface area contributed by atoms with Crippen molar-refractivity contribution in [3.63, 3.8) is 0 Å². The number of fused-ring (bicyclic) bond motifs is 4. The minimum absolute atomic E-state index is 0.0418. The van der Waals surface area contributed by atoms with Gasteiger partial charge in [-0.15, -0.1) is 0 Å². The van der Waals surface area contributed by atoms with Crippen molar-refractivity contribution in [3.8, 4) is 78.0 Å². The van der Waals surface area contributed by atoms with Gasteiger partial charge in [0.1, 0.15) is 0 Å². The van der Waals surface area contributed by atoms with Crippen molar-refractivity contribution >= 4 is 27.8 Å². The van der Waals surface area contributed by atoms with Gasteiger partial charge < -0.3 is 0 Å². The molecule has 0 bridgehead atoms. The molecule has 8 aromatic carbocycles. The van der Waals surface area contributed by atoms with Crippen molar-refractivity contribution in [2.24, 2.45) is 4.99 Å². The van der Waals surface area contributed by atoms with Crippen LogP contribution in [0.2, 0.25) is 0 Å². The van der Waals surface area contributed by atoms with Crippen LogP contribution in [0.15, 0.2) is 199 Å². The van der Waals surface area contributed by atoms with Crippen molar-refractivity contribution < 1.29 is 0 Å². The Labute approximate surface area is 326 Å². The standard InChI is InChI=1S/C54H36N2/c1-3-13-35(14-4-1)37-24-28-39(29-25-37)50-43-17-7-8-18-44(43)51(40-30-26-38(27-31-40)36-15-5-2-6-16-36)54-46-33-32-41(42-19-11-20-45(52(42)46)53(50)54)47-22-12-23-49(56-47)48-21-9-10-34-55-48/h1-20,22-34,48H,21H2. The molecule has 1 aliphatic carbocycles. The highest BCUT2D eigenvalue weighted by Gasteiger charge is 2.31. The van der Waals surface area contributed by atoms with Crippen molar-refractivity contribution in [3.05, 3.63) is 200 Å². The lowest BCUT2D eigenvalue weighted by Gasteiger charge is -2.21. The highest BCUT2D eigenvalue weighted by molar-refractivity contribution is 6.28. The molecular formula is C54H36N2. The Morgan fingerprint density at radius 3 is 1.46 bits per heavy atom. The van der Waals surface area contributed by atoms with Gasteiger partial charge in [0, 0.05) is 11.8 Å². The molecule has 0 spiro atoms. The Morgan fingerprint density at radius 1 is 0.375 bits per heavy atom. The Balaban J connectivity index is 1.17. The summed E-state index contributed by atoms with van der Waals surface area (Å²) in [5.74, 6) is 0. The van der Waals surface area contributed by atoms with Crippen LogP contribution in [0.25, 0.3) is 99.6 Å². The summed E-state index contributed by atoms with van der Waals surface area (Å²) in [7, 11) is 0. The summed E-state index contributed by atoms with van der Waals surface area (Å²) in [6.45, 7) is 0. The van der Waals surface area contributed by atoms with E-state index < -0.39 is 0 Å². The van der Waals surface area contributed by atoms with Crippen LogP contribution in [-0.4, -0.2) is 11.2 Å². The van der Waals surface area contributed by atoms with E-state index in [0.717, 1.165) is 23.4 Å².